The van der Waals surface area contributed by atoms with Crippen LogP contribution in [-0.4, -0.2) is 120 Å². The molecule has 0 aliphatic rings. The molecular weight excluding hydrogens is 975 g/mol. The van der Waals surface area contributed by atoms with Gasteiger partial charge in [-0.2, -0.15) is 33.7 Å². The number of azo groups is 2. The number of methoxy groups -OCH3 is 3. The van der Waals surface area contributed by atoms with Crippen molar-refractivity contribution in [2.75, 3.05) is 51.8 Å². The topological polar surface area (TPSA) is 428 Å². The van der Waals surface area contributed by atoms with Gasteiger partial charge in [0.2, 0.25) is 0 Å². The fraction of sp³-hybridized carbons (Fsp3) is 0.267. The Morgan fingerprint density at radius 3 is 1.40 bits per heavy atom. The molecule has 0 spiro atoms. The van der Waals surface area contributed by atoms with Gasteiger partial charge < -0.3 is 25.1 Å². The van der Waals surface area contributed by atoms with Crippen molar-refractivity contribution in [1.29, 1.82) is 0 Å². The molecule has 0 heterocycles. The van der Waals surface area contributed by atoms with Crippen molar-refractivity contribution in [2.24, 2.45) is 20.5 Å². The molecule has 0 saturated heterocycles. The highest BCUT2D eigenvalue weighted by molar-refractivity contribution is 7.92. The number of aryl methyl sites for hydroxylation is 1. The van der Waals surface area contributed by atoms with E-state index in [4.69, 9.17) is 29.0 Å². The number of fused-ring (bicyclic) bond motifs is 1. The number of nitrogen functional groups attached to an aromatic ring is 1. The SMILES string of the molecule is COc1cc(S(=O)(=O)CCOS(=O)(=O)O)c(OC)cc1/N=N/c1c(S(=O)(=O)O)cc2cc(S(=O)(=O)O)c(/N=N/c3cc(OC)c(S(=O)(=O)CCOS(=O)(=O)O)cc3C)c(O)c2c1N. The van der Waals surface area contributed by atoms with Crippen molar-refractivity contribution in [3.05, 3.63) is 42.0 Å². The fourth-order valence-corrected chi connectivity index (χ4v) is 10.1. The van der Waals surface area contributed by atoms with Crippen LogP contribution in [0.25, 0.3) is 10.8 Å². The highest BCUT2D eigenvalue weighted by Crippen LogP contribution is 2.49. The van der Waals surface area contributed by atoms with E-state index in [1.807, 2.05) is 0 Å². The first-order chi connectivity index (χ1) is 28.8. The minimum atomic E-state index is -5.38. The molecule has 346 valence electrons. The van der Waals surface area contributed by atoms with Crippen LogP contribution in [0.15, 0.2) is 76.4 Å². The second kappa shape index (κ2) is 18.5. The van der Waals surface area contributed by atoms with Crippen molar-refractivity contribution < 1.29 is 96.4 Å². The van der Waals surface area contributed by atoms with Crippen LogP contribution in [0.2, 0.25) is 0 Å². The van der Waals surface area contributed by atoms with Crippen molar-refractivity contribution in [3.8, 4) is 23.0 Å². The molecular formula is C30H33N5O22S6. The van der Waals surface area contributed by atoms with Gasteiger partial charge in [0.05, 0.1) is 62.8 Å². The summed E-state index contributed by atoms with van der Waals surface area (Å²) in [6.45, 7) is -0.684. The standard InChI is InChI=1S/C30H33N5O22S6/c1-15-9-22(58(37,38)7-5-56-62(47,48)49)20(54-3)12-17(15)32-35-29-25(61(44,45)46)11-16-10-24(60(41,42)43)28(27(31)26(16)30(29)36)34-33-18-13-21(55-4)23(14-19(18)53-2)59(39,40)8-6-57-63(50,51)52/h9-14,36H,5-8,31H2,1-4H3,(H,41,42,43)(H,44,45,46)(H,47,48,49)(H,50,51,52)/b34-33+,35-32+. The molecule has 0 fully saturated rings. The molecule has 0 aromatic heterocycles. The van der Waals surface area contributed by atoms with Crippen molar-refractivity contribution in [3.63, 3.8) is 0 Å². The highest BCUT2D eigenvalue weighted by atomic mass is 32.3. The molecule has 0 radical (unpaired) electrons. The first-order valence-electron chi connectivity index (χ1n) is 16.4. The first-order valence-corrected chi connectivity index (χ1v) is 25.3. The Morgan fingerprint density at radius 2 is 0.952 bits per heavy atom. The number of rotatable bonds is 19. The van der Waals surface area contributed by atoms with Crippen LogP contribution in [0.5, 0.6) is 23.0 Å². The third-order valence-electron chi connectivity index (χ3n) is 8.17. The Labute approximate surface area is 358 Å². The smallest absolute Gasteiger partial charge is 0.397 e. The monoisotopic (exact) mass is 1010 g/mol. The summed E-state index contributed by atoms with van der Waals surface area (Å²) >= 11 is 0. The lowest BCUT2D eigenvalue weighted by molar-refractivity contribution is 0.282. The van der Waals surface area contributed by atoms with Crippen LogP contribution in [0.3, 0.4) is 0 Å². The molecule has 4 rings (SSSR count). The van der Waals surface area contributed by atoms with E-state index in [2.05, 4.69) is 28.8 Å². The van der Waals surface area contributed by atoms with Crippen molar-refractivity contribution in [1.82, 2.24) is 0 Å². The Morgan fingerprint density at radius 1 is 0.540 bits per heavy atom. The second-order valence-corrected chi connectivity index (χ2v) is 21.4. The Kier molecular flexibility index (Phi) is 14.8. The molecule has 33 heteroatoms. The number of aromatic hydroxyl groups is 1. The third-order valence-corrected chi connectivity index (χ3v) is 14.2. The number of hydrogen-bond acceptors (Lipinski definition) is 23. The number of phenols is 1. The molecule has 0 amide bonds. The summed E-state index contributed by atoms with van der Waals surface area (Å²) in [5.41, 5.74) is 2.88. The zero-order valence-corrected chi connectivity index (χ0v) is 37.2. The molecule has 0 bridgehead atoms. The van der Waals surface area contributed by atoms with Crippen molar-refractivity contribution in [2.45, 2.75) is 26.5 Å². The predicted octanol–water partition coefficient (Wildman–Crippen LogP) is 2.97. The number of nitrogens with zero attached hydrogens (tertiary/aromatic N) is 4. The van der Waals surface area contributed by atoms with E-state index in [9.17, 15) is 64.7 Å². The summed E-state index contributed by atoms with van der Waals surface area (Å²) in [5, 5.41) is 25.5. The second-order valence-electron chi connectivity index (χ2n) is 12.3. The minimum Gasteiger partial charge on any atom is -0.505 e. The number of nitrogens with two attached hydrogens (primary N) is 1. The molecule has 4 aromatic rings. The average molecular weight is 1010 g/mol. The van der Waals surface area contributed by atoms with Crippen LogP contribution in [0.4, 0.5) is 28.4 Å². The van der Waals surface area contributed by atoms with Gasteiger partial charge in [0, 0.05) is 18.2 Å². The lowest BCUT2D eigenvalue weighted by Gasteiger charge is -2.15. The molecule has 4 aromatic carbocycles. The normalized spacial score (nSPS) is 13.3. The maximum atomic E-state index is 13.0. The summed E-state index contributed by atoms with van der Waals surface area (Å²) in [5.74, 6) is -4.35. The number of anilines is 1. The van der Waals surface area contributed by atoms with Gasteiger partial charge in [-0.25, -0.2) is 25.2 Å². The Balaban J connectivity index is 1.92. The van der Waals surface area contributed by atoms with Crippen LogP contribution in [0, 0.1) is 6.92 Å². The van der Waals surface area contributed by atoms with E-state index in [-0.39, 0.29) is 22.7 Å². The Hall–Kier alpha value is -5.20. The van der Waals surface area contributed by atoms with E-state index < -0.39 is 150 Å². The van der Waals surface area contributed by atoms with E-state index in [1.54, 1.807) is 0 Å². The van der Waals surface area contributed by atoms with Crippen LogP contribution in [0.1, 0.15) is 5.56 Å². The highest BCUT2D eigenvalue weighted by Gasteiger charge is 2.30. The minimum absolute atomic E-state index is 0.00590. The summed E-state index contributed by atoms with van der Waals surface area (Å²) in [4.78, 5) is -3.43. The summed E-state index contributed by atoms with van der Waals surface area (Å²) < 4.78 is 207. The van der Waals surface area contributed by atoms with Crippen LogP contribution < -0.4 is 19.9 Å². The lowest BCUT2D eigenvalue weighted by Crippen LogP contribution is -2.16. The zero-order chi connectivity index (χ0) is 47.7. The number of ether oxygens (including phenoxy) is 3. The van der Waals surface area contributed by atoms with E-state index >= 15 is 0 Å². The number of hydrogen-bond donors (Lipinski definition) is 6. The van der Waals surface area contributed by atoms with Crippen LogP contribution >= 0.6 is 0 Å². The van der Waals surface area contributed by atoms with Gasteiger partial charge in [0.15, 0.2) is 25.4 Å². The number of benzene rings is 4. The maximum Gasteiger partial charge on any atom is 0.397 e. The summed E-state index contributed by atoms with van der Waals surface area (Å²) in [6, 6.07) is 4.96. The largest absolute Gasteiger partial charge is 0.505 e. The van der Waals surface area contributed by atoms with E-state index in [1.165, 1.54) is 6.92 Å². The molecule has 27 nitrogen and oxygen atoms in total. The lowest BCUT2D eigenvalue weighted by atomic mass is 10.1. The summed E-state index contributed by atoms with van der Waals surface area (Å²) in [7, 11) is -26.4. The number of phenolic OH excluding ortho intramolecular Hbond substituents is 1. The maximum absolute atomic E-state index is 13.0. The molecule has 0 unspecified atom stereocenters. The van der Waals surface area contributed by atoms with Gasteiger partial charge in [0.25, 0.3) is 20.2 Å². The van der Waals surface area contributed by atoms with Gasteiger partial charge in [-0.05, 0) is 36.1 Å². The first kappa shape index (κ1) is 50.4. The summed E-state index contributed by atoms with van der Waals surface area (Å²) in [6.07, 6.45) is 0. The third kappa shape index (κ3) is 12.1. The van der Waals surface area contributed by atoms with Crippen LogP contribution in [-0.2, 0) is 69.1 Å². The molecule has 0 atom stereocenters. The fourth-order valence-electron chi connectivity index (χ4n) is 5.37. The predicted molar refractivity (Wildman–Crippen MR) is 214 cm³/mol. The van der Waals surface area contributed by atoms with Gasteiger partial charge in [0.1, 0.15) is 53.9 Å². The quantitative estimate of drug-likeness (QED) is 0.0446. The van der Waals surface area contributed by atoms with Gasteiger partial charge in [-0.15, -0.1) is 20.5 Å². The van der Waals surface area contributed by atoms with Gasteiger partial charge in [-0.1, -0.05) is 0 Å². The van der Waals surface area contributed by atoms with Gasteiger partial charge in [-0.3, -0.25) is 18.2 Å². The average Bonchev–Trinajstić information content (AvgIpc) is 3.14. The molecule has 7 N–H and O–H groups in total. The molecule has 0 aliphatic carbocycles. The number of sulfone groups is 2. The van der Waals surface area contributed by atoms with E-state index in [0.717, 1.165) is 45.6 Å². The molecule has 0 aliphatic heterocycles. The Bertz CT molecular complexity index is 3250. The van der Waals surface area contributed by atoms with Gasteiger partial charge >= 0.3 is 20.8 Å². The van der Waals surface area contributed by atoms with Crippen molar-refractivity contribution >= 4 is 99.9 Å². The molecule has 0 saturated carbocycles. The van der Waals surface area contributed by atoms with E-state index in [0.29, 0.717) is 12.1 Å². The zero-order valence-electron chi connectivity index (χ0n) is 32.3. The molecule has 63 heavy (non-hydrogen) atoms.